The zero-order valence-corrected chi connectivity index (χ0v) is 13.6. The summed E-state index contributed by atoms with van der Waals surface area (Å²) in [6.07, 6.45) is 3.57. The number of aryl methyl sites for hydroxylation is 2. The van der Waals surface area contributed by atoms with E-state index in [1.165, 1.54) is 16.9 Å². The molecule has 0 aliphatic carbocycles. The number of hydrogen-bond acceptors (Lipinski definition) is 3. The van der Waals surface area contributed by atoms with E-state index in [1.54, 1.807) is 6.20 Å². The molecule has 1 aromatic carbocycles. The fourth-order valence-electron chi connectivity index (χ4n) is 2.61. The zero-order valence-electron chi connectivity index (χ0n) is 13.6. The lowest BCUT2D eigenvalue weighted by molar-refractivity contribution is 0.964. The number of hydrogen-bond donors (Lipinski definition) is 1. The number of pyridine rings is 1. The molecule has 23 heavy (non-hydrogen) atoms. The van der Waals surface area contributed by atoms with Crippen molar-refractivity contribution >= 4 is 12.0 Å². The molecule has 0 atom stereocenters. The number of anilines is 1. The fraction of sp³-hybridized carbons (Fsp3) is 0.158. The lowest BCUT2D eigenvalue weighted by Gasteiger charge is -2.09. The second kappa shape index (κ2) is 6.48. The summed E-state index contributed by atoms with van der Waals surface area (Å²) in [6, 6.07) is 16.4. The molecule has 0 unspecified atom stereocenters. The van der Waals surface area contributed by atoms with E-state index in [2.05, 4.69) is 71.2 Å². The van der Waals surface area contributed by atoms with Gasteiger partial charge in [0.2, 0.25) is 0 Å². The van der Waals surface area contributed by atoms with Crippen molar-refractivity contribution in [3.8, 4) is 5.69 Å². The third kappa shape index (κ3) is 3.31. The highest BCUT2D eigenvalue weighted by Crippen LogP contribution is 2.20. The quantitative estimate of drug-likeness (QED) is 0.578. The van der Waals surface area contributed by atoms with Crippen LogP contribution in [0.4, 0.5) is 5.82 Å². The van der Waals surface area contributed by atoms with Crippen LogP contribution in [0, 0.1) is 20.8 Å². The molecule has 0 spiro atoms. The molecule has 0 bridgehead atoms. The minimum atomic E-state index is 0.732. The number of nitrogens with one attached hydrogen (secondary N) is 1. The van der Waals surface area contributed by atoms with Crippen LogP contribution in [0.25, 0.3) is 5.69 Å². The number of rotatable bonds is 4. The minimum absolute atomic E-state index is 0.732. The van der Waals surface area contributed by atoms with Gasteiger partial charge >= 0.3 is 0 Å². The van der Waals surface area contributed by atoms with Crippen molar-refractivity contribution in [2.75, 3.05) is 5.43 Å². The maximum absolute atomic E-state index is 4.28. The molecule has 1 N–H and O–H groups in total. The topological polar surface area (TPSA) is 42.2 Å². The standard InChI is InChI=1S/C19H20N4/c1-14-7-9-18(10-8-14)23-15(2)12-17(16(23)3)13-21-22-19-6-4-5-11-20-19/h4-13H,1-3H3,(H,20,22)/b21-13-. The van der Waals surface area contributed by atoms with Crippen LogP contribution in [-0.2, 0) is 0 Å². The predicted octanol–water partition coefficient (Wildman–Crippen LogP) is 4.24. The molecule has 0 radical (unpaired) electrons. The molecule has 3 rings (SSSR count). The molecular formula is C19H20N4. The lowest BCUT2D eigenvalue weighted by Crippen LogP contribution is -2.00. The number of benzene rings is 1. The van der Waals surface area contributed by atoms with E-state index in [9.17, 15) is 0 Å². The molecule has 0 aliphatic heterocycles. The maximum atomic E-state index is 4.28. The molecular weight excluding hydrogens is 284 g/mol. The number of aromatic nitrogens is 2. The molecule has 4 nitrogen and oxygen atoms in total. The van der Waals surface area contributed by atoms with Crippen LogP contribution in [0.2, 0.25) is 0 Å². The van der Waals surface area contributed by atoms with Gasteiger partial charge < -0.3 is 4.57 Å². The predicted molar refractivity (Wildman–Crippen MR) is 95.4 cm³/mol. The lowest BCUT2D eigenvalue weighted by atomic mass is 10.2. The summed E-state index contributed by atoms with van der Waals surface area (Å²) in [7, 11) is 0. The van der Waals surface area contributed by atoms with Gasteiger partial charge in [0, 0.05) is 28.8 Å². The van der Waals surface area contributed by atoms with Crippen molar-refractivity contribution in [1.82, 2.24) is 9.55 Å². The second-order valence-electron chi connectivity index (χ2n) is 5.58. The Morgan fingerprint density at radius 1 is 1.04 bits per heavy atom. The average Bonchev–Trinajstić information content (AvgIpc) is 2.84. The Hall–Kier alpha value is -2.88. The van der Waals surface area contributed by atoms with Crippen LogP contribution in [0.15, 0.2) is 59.8 Å². The first kappa shape index (κ1) is 15.0. The highest BCUT2D eigenvalue weighted by molar-refractivity contribution is 5.82. The van der Waals surface area contributed by atoms with Crippen molar-refractivity contribution in [3.63, 3.8) is 0 Å². The second-order valence-corrected chi connectivity index (χ2v) is 5.58. The van der Waals surface area contributed by atoms with Gasteiger partial charge in [-0.1, -0.05) is 23.8 Å². The summed E-state index contributed by atoms with van der Waals surface area (Å²) in [5, 5.41) is 4.28. The minimum Gasteiger partial charge on any atom is -0.318 e. The summed E-state index contributed by atoms with van der Waals surface area (Å²) in [5.74, 6) is 0.732. The molecule has 0 fully saturated rings. The van der Waals surface area contributed by atoms with Gasteiger partial charge in [-0.3, -0.25) is 5.43 Å². The Kier molecular flexibility index (Phi) is 4.24. The first-order chi connectivity index (χ1) is 11.1. The van der Waals surface area contributed by atoms with Crippen LogP contribution >= 0.6 is 0 Å². The Labute approximate surface area is 136 Å². The SMILES string of the molecule is Cc1ccc(-n2c(C)cc(/C=N\Nc3ccccn3)c2C)cc1. The van der Waals surface area contributed by atoms with E-state index in [1.807, 2.05) is 24.4 Å². The molecule has 3 aromatic rings. The Balaban J connectivity index is 1.84. The van der Waals surface area contributed by atoms with Gasteiger partial charge in [-0.2, -0.15) is 5.10 Å². The normalized spacial score (nSPS) is 11.1. The van der Waals surface area contributed by atoms with Gasteiger partial charge in [0.1, 0.15) is 5.82 Å². The third-order valence-electron chi connectivity index (χ3n) is 3.81. The number of hydrazone groups is 1. The Bertz CT molecular complexity index is 815. The van der Waals surface area contributed by atoms with Crippen molar-refractivity contribution in [3.05, 3.63) is 77.2 Å². The zero-order chi connectivity index (χ0) is 16.2. The van der Waals surface area contributed by atoms with Crippen molar-refractivity contribution in [2.24, 2.45) is 5.10 Å². The van der Waals surface area contributed by atoms with Crippen LogP contribution in [0.5, 0.6) is 0 Å². The van der Waals surface area contributed by atoms with Crippen LogP contribution in [-0.4, -0.2) is 15.8 Å². The van der Waals surface area contributed by atoms with Gasteiger partial charge in [-0.05, 0) is 51.1 Å². The Morgan fingerprint density at radius 3 is 2.52 bits per heavy atom. The van der Waals surface area contributed by atoms with E-state index in [0.717, 1.165) is 17.1 Å². The van der Waals surface area contributed by atoms with Crippen molar-refractivity contribution in [2.45, 2.75) is 20.8 Å². The molecule has 2 heterocycles. The van der Waals surface area contributed by atoms with Crippen molar-refractivity contribution in [1.29, 1.82) is 0 Å². The molecule has 0 saturated carbocycles. The average molecular weight is 304 g/mol. The molecule has 0 amide bonds. The summed E-state index contributed by atoms with van der Waals surface area (Å²) < 4.78 is 2.24. The van der Waals surface area contributed by atoms with Crippen molar-refractivity contribution < 1.29 is 0 Å². The summed E-state index contributed by atoms with van der Waals surface area (Å²) in [5.41, 5.74) is 8.82. The molecule has 0 saturated heterocycles. The van der Waals surface area contributed by atoms with E-state index in [4.69, 9.17) is 0 Å². The van der Waals surface area contributed by atoms with E-state index >= 15 is 0 Å². The Morgan fingerprint density at radius 2 is 1.83 bits per heavy atom. The smallest absolute Gasteiger partial charge is 0.146 e. The van der Waals surface area contributed by atoms with Crippen LogP contribution in [0.1, 0.15) is 22.5 Å². The largest absolute Gasteiger partial charge is 0.318 e. The van der Waals surface area contributed by atoms with Gasteiger partial charge in [0.05, 0.1) is 6.21 Å². The van der Waals surface area contributed by atoms with Gasteiger partial charge in [-0.25, -0.2) is 4.98 Å². The fourth-order valence-corrected chi connectivity index (χ4v) is 2.61. The molecule has 116 valence electrons. The van der Waals surface area contributed by atoms with E-state index in [-0.39, 0.29) is 0 Å². The third-order valence-corrected chi connectivity index (χ3v) is 3.81. The van der Waals surface area contributed by atoms with Gasteiger partial charge in [0.15, 0.2) is 0 Å². The highest BCUT2D eigenvalue weighted by Gasteiger charge is 2.09. The van der Waals surface area contributed by atoms with Crippen LogP contribution < -0.4 is 5.43 Å². The van der Waals surface area contributed by atoms with Gasteiger partial charge in [0.25, 0.3) is 0 Å². The van der Waals surface area contributed by atoms with E-state index in [0.29, 0.717) is 0 Å². The number of nitrogens with zero attached hydrogens (tertiary/aromatic N) is 3. The summed E-state index contributed by atoms with van der Waals surface area (Å²) in [4.78, 5) is 4.18. The van der Waals surface area contributed by atoms with Crippen LogP contribution in [0.3, 0.4) is 0 Å². The maximum Gasteiger partial charge on any atom is 0.146 e. The molecule has 0 aliphatic rings. The molecule has 4 heteroatoms. The summed E-state index contributed by atoms with van der Waals surface area (Å²) >= 11 is 0. The monoisotopic (exact) mass is 304 g/mol. The highest BCUT2D eigenvalue weighted by atomic mass is 15.3. The first-order valence-electron chi connectivity index (χ1n) is 7.61. The van der Waals surface area contributed by atoms with Gasteiger partial charge in [-0.15, -0.1) is 0 Å². The van der Waals surface area contributed by atoms with E-state index < -0.39 is 0 Å². The first-order valence-corrected chi connectivity index (χ1v) is 7.61. The summed E-state index contributed by atoms with van der Waals surface area (Å²) in [6.45, 7) is 6.31. The molecule has 2 aromatic heterocycles.